The number of nitrogens with zero attached hydrogens (tertiary/aromatic N) is 1. The van der Waals surface area contributed by atoms with Gasteiger partial charge >= 0.3 is 6.18 Å². The SMILES string of the molecule is O=c1cc(C(F)(F)F)c2cc(N3CCC[C@@H]3CCO)ccc2[nH]1. The average molecular weight is 326 g/mol. The zero-order chi connectivity index (χ0) is 16.6. The van der Waals surface area contributed by atoms with Gasteiger partial charge in [-0.05, 0) is 37.5 Å². The van der Waals surface area contributed by atoms with Gasteiger partial charge in [0.25, 0.3) is 0 Å². The van der Waals surface area contributed by atoms with Crippen molar-refractivity contribution in [3.8, 4) is 0 Å². The van der Waals surface area contributed by atoms with E-state index in [0.717, 1.165) is 19.4 Å². The normalized spacial score (nSPS) is 18.8. The van der Waals surface area contributed by atoms with Crippen molar-refractivity contribution in [3.63, 3.8) is 0 Å². The van der Waals surface area contributed by atoms with E-state index in [0.29, 0.717) is 18.2 Å². The van der Waals surface area contributed by atoms with Crippen LogP contribution in [0.15, 0.2) is 29.1 Å². The Kier molecular flexibility index (Phi) is 4.06. The van der Waals surface area contributed by atoms with Crippen LogP contribution in [0.5, 0.6) is 0 Å². The molecule has 124 valence electrons. The first-order chi connectivity index (χ1) is 10.9. The van der Waals surface area contributed by atoms with E-state index in [-0.39, 0.29) is 23.6 Å². The molecule has 7 heteroatoms. The smallest absolute Gasteiger partial charge is 0.396 e. The van der Waals surface area contributed by atoms with E-state index in [9.17, 15) is 18.0 Å². The monoisotopic (exact) mass is 326 g/mol. The summed E-state index contributed by atoms with van der Waals surface area (Å²) < 4.78 is 39.6. The highest BCUT2D eigenvalue weighted by Crippen LogP contribution is 2.36. The fourth-order valence-corrected chi connectivity index (χ4v) is 3.28. The third kappa shape index (κ3) is 3.06. The summed E-state index contributed by atoms with van der Waals surface area (Å²) in [4.78, 5) is 15.9. The molecule has 1 saturated heterocycles. The van der Waals surface area contributed by atoms with Crippen LogP contribution in [0.4, 0.5) is 18.9 Å². The van der Waals surface area contributed by atoms with Crippen LogP contribution in [0.3, 0.4) is 0 Å². The lowest BCUT2D eigenvalue weighted by Gasteiger charge is -2.27. The molecule has 2 aromatic rings. The van der Waals surface area contributed by atoms with Gasteiger partial charge in [-0.1, -0.05) is 0 Å². The van der Waals surface area contributed by atoms with Crippen LogP contribution in [-0.4, -0.2) is 29.3 Å². The molecule has 23 heavy (non-hydrogen) atoms. The minimum atomic E-state index is -4.58. The van der Waals surface area contributed by atoms with Gasteiger partial charge in [0, 0.05) is 41.9 Å². The molecule has 0 radical (unpaired) electrons. The number of hydrogen-bond donors (Lipinski definition) is 2. The predicted molar refractivity (Wildman–Crippen MR) is 81.6 cm³/mol. The van der Waals surface area contributed by atoms with Crippen molar-refractivity contribution in [2.45, 2.75) is 31.5 Å². The number of hydrogen-bond acceptors (Lipinski definition) is 3. The predicted octanol–water partition coefficient (Wildman–Crippen LogP) is 2.90. The minimum absolute atomic E-state index is 0.00996. The molecule has 4 nitrogen and oxygen atoms in total. The number of aromatic amines is 1. The molecule has 0 amide bonds. The maximum atomic E-state index is 13.2. The van der Waals surface area contributed by atoms with E-state index in [2.05, 4.69) is 4.98 Å². The van der Waals surface area contributed by atoms with Gasteiger partial charge in [-0.15, -0.1) is 0 Å². The minimum Gasteiger partial charge on any atom is -0.396 e. The fourth-order valence-electron chi connectivity index (χ4n) is 3.28. The van der Waals surface area contributed by atoms with E-state index >= 15 is 0 Å². The van der Waals surface area contributed by atoms with Gasteiger partial charge in [-0.25, -0.2) is 0 Å². The topological polar surface area (TPSA) is 56.3 Å². The molecule has 3 rings (SSSR count). The van der Waals surface area contributed by atoms with Crippen LogP contribution in [0, 0.1) is 0 Å². The zero-order valence-electron chi connectivity index (χ0n) is 12.4. The molecule has 2 heterocycles. The third-order valence-electron chi connectivity index (χ3n) is 4.30. The molecular weight excluding hydrogens is 309 g/mol. The highest BCUT2D eigenvalue weighted by molar-refractivity contribution is 5.86. The van der Waals surface area contributed by atoms with E-state index < -0.39 is 17.3 Å². The lowest BCUT2D eigenvalue weighted by atomic mass is 10.1. The van der Waals surface area contributed by atoms with Crippen molar-refractivity contribution in [1.29, 1.82) is 0 Å². The Morgan fingerprint density at radius 1 is 1.30 bits per heavy atom. The molecule has 2 N–H and O–H groups in total. The van der Waals surface area contributed by atoms with Crippen LogP contribution >= 0.6 is 0 Å². The third-order valence-corrected chi connectivity index (χ3v) is 4.30. The summed E-state index contributed by atoms with van der Waals surface area (Å²) in [5.41, 5.74) is -0.828. The summed E-state index contributed by atoms with van der Waals surface area (Å²) in [6.07, 6.45) is -2.13. The van der Waals surface area contributed by atoms with Gasteiger partial charge in [0.05, 0.1) is 5.56 Å². The summed E-state index contributed by atoms with van der Waals surface area (Å²) in [6, 6.07) is 5.43. The van der Waals surface area contributed by atoms with Gasteiger partial charge in [-0.2, -0.15) is 13.2 Å². The van der Waals surface area contributed by atoms with Gasteiger partial charge in [0.15, 0.2) is 0 Å². The van der Waals surface area contributed by atoms with Gasteiger partial charge in [0.2, 0.25) is 5.56 Å². The molecule has 0 unspecified atom stereocenters. The van der Waals surface area contributed by atoms with E-state index in [1.807, 2.05) is 4.90 Å². The molecule has 1 aliphatic rings. The first kappa shape index (κ1) is 15.9. The van der Waals surface area contributed by atoms with Gasteiger partial charge in [0.1, 0.15) is 0 Å². The van der Waals surface area contributed by atoms with Crippen molar-refractivity contribution in [2.75, 3.05) is 18.1 Å². The first-order valence-electron chi connectivity index (χ1n) is 7.52. The van der Waals surface area contributed by atoms with Crippen LogP contribution < -0.4 is 10.5 Å². The van der Waals surface area contributed by atoms with Crippen LogP contribution in [0.25, 0.3) is 10.9 Å². The number of rotatable bonds is 3. The van der Waals surface area contributed by atoms with E-state index in [4.69, 9.17) is 5.11 Å². The number of aromatic nitrogens is 1. The Balaban J connectivity index is 2.11. The summed E-state index contributed by atoms with van der Waals surface area (Å²) in [7, 11) is 0. The first-order valence-corrected chi connectivity index (χ1v) is 7.52. The number of anilines is 1. The molecule has 0 aliphatic carbocycles. The molecule has 1 aliphatic heterocycles. The average Bonchev–Trinajstić information content (AvgIpc) is 2.93. The second kappa shape index (κ2) is 5.88. The lowest BCUT2D eigenvalue weighted by Crippen LogP contribution is -2.30. The number of alkyl halides is 3. The molecule has 0 spiro atoms. The summed E-state index contributed by atoms with van der Waals surface area (Å²) in [6.45, 7) is 0.802. The Labute approximate surface area is 130 Å². The Morgan fingerprint density at radius 3 is 2.78 bits per heavy atom. The molecule has 1 aromatic heterocycles. The maximum absolute atomic E-state index is 13.2. The van der Waals surface area contributed by atoms with Gasteiger partial charge in [-0.3, -0.25) is 4.79 Å². The van der Waals surface area contributed by atoms with E-state index in [1.54, 1.807) is 6.07 Å². The van der Waals surface area contributed by atoms with Crippen molar-refractivity contribution in [3.05, 3.63) is 40.2 Å². The molecule has 0 bridgehead atoms. The zero-order valence-corrected chi connectivity index (χ0v) is 12.4. The van der Waals surface area contributed by atoms with Crippen LogP contribution in [0.2, 0.25) is 0 Å². The Morgan fingerprint density at radius 2 is 2.09 bits per heavy atom. The molecular formula is C16H17F3N2O2. The Hall–Kier alpha value is -2.02. The quantitative estimate of drug-likeness (QED) is 0.912. The fraction of sp³-hybridized carbons (Fsp3) is 0.438. The largest absolute Gasteiger partial charge is 0.417 e. The van der Waals surface area contributed by atoms with Crippen molar-refractivity contribution in [2.24, 2.45) is 0 Å². The number of nitrogens with one attached hydrogen (secondary N) is 1. The number of H-pyrrole nitrogens is 1. The van der Waals surface area contributed by atoms with Crippen molar-refractivity contribution in [1.82, 2.24) is 4.98 Å². The standard InChI is InChI=1S/C16H17F3N2O2/c17-16(18,19)13-9-15(23)20-14-4-3-11(8-12(13)14)21-6-1-2-10(21)5-7-22/h3-4,8-10,22H,1-2,5-7H2,(H,20,23)/t10-/m1/s1. The molecule has 1 fully saturated rings. The van der Waals surface area contributed by atoms with E-state index in [1.165, 1.54) is 12.1 Å². The number of benzene rings is 1. The lowest BCUT2D eigenvalue weighted by molar-refractivity contribution is -0.136. The number of halogens is 3. The summed E-state index contributed by atoms with van der Waals surface area (Å²) in [5.74, 6) is 0. The van der Waals surface area contributed by atoms with Crippen LogP contribution in [-0.2, 0) is 6.18 Å². The number of aliphatic hydroxyl groups is 1. The van der Waals surface area contributed by atoms with Gasteiger partial charge < -0.3 is 15.0 Å². The number of aliphatic hydroxyl groups excluding tert-OH is 1. The van der Waals surface area contributed by atoms with Crippen LogP contribution in [0.1, 0.15) is 24.8 Å². The molecule has 0 saturated carbocycles. The second-order valence-electron chi connectivity index (χ2n) is 5.78. The van der Waals surface area contributed by atoms with Crippen molar-refractivity contribution >= 4 is 16.6 Å². The molecule has 1 aromatic carbocycles. The van der Waals surface area contributed by atoms with Crippen molar-refractivity contribution < 1.29 is 18.3 Å². The molecule has 1 atom stereocenters. The Bertz CT molecular complexity index is 770. The number of pyridine rings is 1. The highest BCUT2D eigenvalue weighted by atomic mass is 19.4. The summed E-state index contributed by atoms with van der Waals surface area (Å²) >= 11 is 0. The maximum Gasteiger partial charge on any atom is 0.417 e. The second-order valence-corrected chi connectivity index (χ2v) is 5.78. The summed E-state index contributed by atoms with van der Waals surface area (Å²) in [5, 5.41) is 9.12. The number of fused-ring (bicyclic) bond motifs is 1. The highest BCUT2D eigenvalue weighted by Gasteiger charge is 2.34.